The Morgan fingerprint density at radius 1 is 0.844 bits per heavy atom. The average Bonchev–Trinajstić information content (AvgIpc) is 2.78. The second-order valence-electron chi connectivity index (χ2n) is 7.25. The van der Waals surface area contributed by atoms with E-state index >= 15 is 0 Å². The predicted molar refractivity (Wildman–Crippen MR) is 130 cm³/mol. The maximum atomic E-state index is 14.0. The number of thiocarbonyl (C=S) groups is 1. The lowest BCUT2D eigenvalue weighted by molar-refractivity contribution is 0.587. The number of unbranched alkanes of at least 4 members (excludes halogenated alkanes) is 2. The minimum Gasteiger partial charge on any atom is -0.204 e. The molecule has 3 rings (SSSR count). The Hall–Kier alpha value is -3.56. The van der Waals surface area contributed by atoms with Gasteiger partial charge in [0, 0.05) is 23.1 Å². The lowest BCUT2D eigenvalue weighted by Crippen LogP contribution is -1.88. The predicted octanol–water partition coefficient (Wildman–Crippen LogP) is 7.62. The van der Waals surface area contributed by atoms with Crippen LogP contribution in [0.2, 0.25) is 0 Å². The molecule has 158 valence electrons. The molecule has 0 spiro atoms. The number of hydrogen-bond donors (Lipinski definition) is 0. The SMILES string of the molecule is CCCCC#Cc1ccc(-c2ccc(C#Cc3cc(F)c(N=C=S)c(F)c3)cc2C)cc1. The van der Waals surface area contributed by atoms with Gasteiger partial charge in [-0.15, -0.1) is 0 Å². The topological polar surface area (TPSA) is 12.4 Å². The summed E-state index contributed by atoms with van der Waals surface area (Å²) in [6.07, 6.45) is 3.19. The van der Waals surface area contributed by atoms with Crippen LogP contribution < -0.4 is 0 Å². The average molecular weight is 442 g/mol. The molecule has 0 aliphatic carbocycles. The van der Waals surface area contributed by atoms with E-state index in [1.54, 1.807) is 0 Å². The summed E-state index contributed by atoms with van der Waals surface area (Å²) in [6.45, 7) is 4.17. The molecule has 0 N–H and O–H groups in total. The van der Waals surface area contributed by atoms with Gasteiger partial charge in [0.05, 0.1) is 5.16 Å². The highest BCUT2D eigenvalue weighted by molar-refractivity contribution is 7.78. The lowest BCUT2D eigenvalue weighted by Gasteiger charge is -2.07. The van der Waals surface area contributed by atoms with Crippen molar-refractivity contribution in [2.75, 3.05) is 0 Å². The molecular weight excluding hydrogens is 420 g/mol. The van der Waals surface area contributed by atoms with Crippen molar-refractivity contribution in [3.63, 3.8) is 0 Å². The molecule has 0 radical (unpaired) electrons. The standard InChI is InChI=1S/C28H21F2NS/c1-3-4-5-6-7-21-10-13-24(14-11-21)25-15-12-22(16-20(25)2)8-9-23-17-26(29)28(31-19-32)27(30)18-23/h10-18H,3-5H2,1-2H3. The molecule has 0 amide bonds. The van der Waals surface area contributed by atoms with Gasteiger partial charge in [-0.3, -0.25) is 0 Å². The van der Waals surface area contributed by atoms with E-state index in [1.165, 1.54) is 0 Å². The van der Waals surface area contributed by atoms with Gasteiger partial charge in [0.25, 0.3) is 0 Å². The first-order chi connectivity index (χ1) is 15.5. The quantitative estimate of drug-likeness (QED) is 0.176. The Morgan fingerprint density at radius 3 is 2.12 bits per heavy atom. The van der Waals surface area contributed by atoms with Crippen LogP contribution in [0.4, 0.5) is 14.5 Å². The summed E-state index contributed by atoms with van der Waals surface area (Å²) in [5.74, 6) is 10.5. The van der Waals surface area contributed by atoms with Crippen molar-refractivity contribution in [1.82, 2.24) is 0 Å². The van der Waals surface area contributed by atoms with Crippen molar-refractivity contribution < 1.29 is 8.78 Å². The zero-order chi connectivity index (χ0) is 22.9. The van der Waals surface area contributed by atoms with E-state index in [4.69, 9.17) is 0 Å². The number of rotatable bonds is 4. The molecule has 0 unspecified atom stereocenters. The molecule has 4 heteroatoms. The normalized spacial score (nSPS) is 9.75. The van der Waals surface area contributed by atoms with Crippen molar-refractivity contribution in [3.05, 3.63) is 88.5 Å². The zero-order valence-electron chi connectivity index (χ0n) is 17.9. The molecule has 0 atom stereocenters. The number of halogens is 2. The molecular formula is C28H21F2NS. The monoisotopic (exact) mass is 441 g/mol. The Labute approximate surface area is 193 Å². The summed E-state index contributed by atoms with van der Waals surface area (Å²) in [7, 11) is 0. The summed E-state index contributed by atoms with van der Waals surface area (Å²) in [6, 6.07) is 16.3. The van der Waals surface area contributed by atoms with Crippen LogP contribution in [0.5, 0.6) is 0 Å². The summed E-state index contributed by atoms with van der Waals surface area (Å²) < 4.78 is 27.9. The van der Waals surface area contributed by atoms with Gasteiger partial charge in [-0.2, -0.15) is 4.99 Å². The van der Waals surface area contributed by atoms with E-state index in [9.17, 15) is 8.78 Å². The number of nitrogens with zero attached hydrogens (tertiary/aromatic N) is 1. The maximum absolute atomic E-state index is 14.0. The Bertz CT molecular complexity index is 1270. The van der Waals surface area contributed by atoms with E-state index in [0.29, 0.717) is 0 Å². The second kappa shape index (κ2) is 11.2. The third-order valence-electron chi connectivity index (χ3n) is 4.84. The van der Waals surface area contributed by atoms with Crippen molar-refractivity contribution in [1.29, 1.82) is 0 Å². The summed E-state index contributed by atoms with van der Waals surface area (Å²) >= 11 is 4.41. The molecule has 3 aromatic rings. The Kier molecular flexibility index (Phi) is 8.07. The number of aliphatic imine (C=N–C) groups is 1. The molecule has 0 aliphatic rings. The van der Waals surface area contributed by atoms with E-state index < -0.39 is 17.3 Å². The van der Waals surface area contributed by atoms with Crippen molar-refractivity contribution in [2.24, 2.45) is 4.99 Å². The molecule has 0 saturated heterocycles. The van der Waals surface area contributed by atoms with Gasteiger partial charge >= 0.3 is 0 Å². The Morgan fingerprint density at radius 2 is 1.50 bits per heavy atom. The van der Waals surface area contributed by atoms with Crippen LogP contribution in [0.25, 0.3) is 11.1 Å². The van der Waals surface area contributed by atoms with Crippen LogP contribution in [-0.4, -0.2) is 5.16 Å². The molecule has 1 nitrogen and oxygen atoms in total. The molecule has 0 bridgehead atoms. The minimum absolute atomic E-state index is 0.223. The third-order valence-corrected chi connectivity index (χ3v) is 4.93. The van der Waals surface area contributed by atoms with Crippen LogP contribution in [-0.2, 0) is 0 Å². The van der Waals surface area contributed by atoms with E-state index in [0.717, 1.165) is 59.2 Å². The fraction of sp³-hybridized carbons (Fsp3) is 0.179. The van der Waals surface area contributed by atoms with Gasteiger partial charge in [-0.05, 0) is 78.7 Å². The smallest absolute Gasteiger partial charge is 0.153 e. The van der Waals surface area contributed by atoms with Gasteiger partial charge in [0.2, 0.25) is 0 Å². The molecule has 0 aromatic heterocycles. The third kappa shape index (κ3) is 5.99. The van der Waals surface area contributed by atoms with Gasteiger partial charge in [0.1, 0.15) is 5.69 Å². The molecule has 3 aromatic carbocycles. The first-order valence-corrected chi connectivity index (χ1v) is 10.7. The highest BCUT2D eigenvalue weighted by atomic mass is 32.1. The first-order valence-electron chi connectivity index (χ1n) is 10.3. The maximum Gasteiger partial charge on any atom is 0.153 e. The van der Waals surface area contributed by atoms with E-state index in [1.807, 2.05) is 42.4 Å². The molecule has 32 heavy (non-hydrogen) atoms. The second-order valence-corrected chi connectivity index (χ2v) is 7.44. The molecule has 0 heterocycles. The van der Waals surface area contributed by atoms with Crippen molar-refractivity contribution >= 4 is 23.1 Å². The van der Waals surface area contributed by atoms with E-state index in [2.05, 4.69) is 59.9 Å². The van der Waals surface area contributed by atoms with Crippen LogP contribution in [0.1, 0.15) is 48.4 Å². The molecule has 0 saturated carbocycles. The van der Waals surface area contributed by atoms with Crippen LogP contribution in [0.3, 0.4) is 0 Å². The fourth-order valence-electron chi connectivity index (χ4n) is 3.16. The van der Waals surface area contributed by atoms with Crippen LogP contribution in [0.15, 0.2) is 59.6 Å². The number of benzene rings is 3. The highest BCUT2D eigenvalue weighted by Gasteiger charge is 2.09. The zero-order valence-corrected chi connectivity index (χ0v) is 18.7. The van der Waals surface area contributed by atoms with Gasteiger partial charge in [-0.25, -0.2) is 8.78 Å². The summed E-state index contributed by atoms with van der Waals surface area (Å²) in [5.41, 5.74) is 4.78. The lowest BCUT2D eigenvalue weighted by atomic mass is 9.97. The van der Waals surface area contributed by atoms with Crippen LogP contribution >= 0.6 is 12.2 Å². The minimum atomic E-state index is -0.823. The largest absolute Gasteiger partial charge is 0.204 e. The highest BCUT2D eigenvalue weighted by Crippen LogP contribution is 2.25. The van der Waals surface area contributed by atoms with Gasteiger partial charge in [0.15, 0.2) is 11.6 Å². The van der Waals surface area contributed by atoms with Crippen molar-refractivity contribution in [3.8, 4) is 34.8 Å². The number of hydrogen-bond acceptors (Lipinski definition) is 2. The van der Waals surface area contributed by atoms with Gasteiger partial charge < -0.3 is 0 Å². The molecule has 0 aliphatic heterocycles. The number of isothiocyanates is 1. The Balaban J connectivity index is 1.79. The number of aryl methyl sites for hydroxylation is 1. The van der Waals surface area contributed by atoms with Crippen molar-refractivity contribution in [2.45, 2.75) is 33.1 Å². The summed E-state index contributed by atoms with van der Waals surface area (Å²) in [5, 5.41) is 1.97. The van der Waals surface area contributed by atoms with Crippen LogP contribution in [0, 0.1) is 42.2 Å². The van der Waals surface area contributed by atoms with E-state index in [-0.39, 0.29) is 5.56 Å². The fourth-order valence-corrected chi connectivity index (χ4v) is 3.25. The first kappa shape index (κ1) is 23.1. The van der Waals surface area contributed by atoms with Gasteiger partial charge in [-0.1, -0.05) is 55.2 Å². The summed E-state index contributed by atoms with van der Waals surface area (Å²) in [4.78, 5) is 3.40. The molecule has 0 fully saturated rings.